The fraction of sp³-hybridized carbons (Fsp3) is 0. The molecule has 0 unspecified atom stereocenters. The molecule has 3 aromatic carbocycles. The number of carbonyl (C=O) groups is 1. The lowest BCUT2D eigenvalue weighted by Gasteiger charge is -2.10. The Morgan fingerprint density at radius 2 is 1.70 bits per heavy atom. The molecule has 0 radical (unpaired) electrons. The number of benzene rings is 3. The Bertz CT molecular complexity index is 1360. The van der Waals surface area contributed by atoms with Gasteiger partial charge in [-0.3, -0.25) is 14.5 Å². The van der Waals surface area contributed by atoms with Crippen molar-refractivity contribution in [3.05, 3.63) is 95.6 Å². The summed E-state index contributed by atoms with van der Waals surface area (Å²) in [7, 11) is -3.88. The number of hydrogen-bond acceptors (Lipinski definition) is 4. The second-order valence-corrected chi connectivity index (χ2v) is 8.63. The predicted molar refractivity (Wildman–Crippen MR) is 118 cm³/mol. The standard InChI is InChI=1S/C22H16ClN3O3S/c23-17-6-2-7-19(14-17)26-30(28,29)20-8-1-4-16(13-20)22(27)25-18-9-10-21-15(12-18)5-3-11-24-21/h1-14,26H,(H,25,27). The van der Waals surface area contributed by atoms with Crippen molar-refractivity contribution < 1.29 is 13.2 Å². The van der Waals surface area contributed by atoms with E-state index in [0.717, 1.165) is 10.9 Å². The molecule has 8 heteroatoms. The molecule has 0 saturated heterocycles. The van der Waals surface area contributed by atoms with Crippen molar-refractivity contribution >= 4 is 49.8 Å². The number of amides is 1. The van der Waals surface area contributed by atoms with Crippen LogP contribution >= 0.6 is 11.6 Å². The number of nitrogens with one attached hydrogen (secondary N) is 2. The zero-order valence-corrected chi connectivity index (χ0v) is 17.1. The molecule has 4 aromatic rings. The molecule has 0 spiro atoms. The van der Waals surface area contributed by atoms with E-state index in [1.54, 1.807) is 42.6 Å². The van der Waals surface area contributed by atoms with E-state index in [-0.39, 0.29) is 10.5 Å². The number of halogens is 1. The van der Waals surface area contributed by atoms with Crippen LogP contribution in [-0.2, 0) is 10.0 Å². The van der Waals surface area contributed by atoms with Gasteiger partial charge in [-0.15, -0.1) is 0 Å². The minimum Gasteiger partial charge on any atom is -0.322 e. The maximum Gasteiger partial charge on any atom is 0.261 e. The van der Waals surface area contributed by atoms with E-state index < -0.39 is 15.9 Å². The van der Waals surface area contributed by atoms with Gasteiger partial charge < -0.3 is 5.32 Å². The molecule has 2 N–H and O–H groups in total. The number of hydrogen-bond donors (Lipinski definition) is 2. The van der Waals surface area contributed by atoms with Crippen LogP contribution in [0, 0.1) is 0 Å². The SMILES string of the molecule is O=C(Nc1ccc2ncccc2c1)c1cccc(S(=O)(=O)Nc2cccc(Cl)c2)c1. The number of aromatic nitrogens is 1. The van der Waals surface area contributed by atoms with Crippen molar-refractivity contribution in [2.75, 3.05) is 10.0 Å². The summed E-state index contributed by atoms with van der Waals surface area (Å²) < 4.78 is 27.9. The first-order valence-electron chi connectivity index (χ1n) is 8.95. The normalized spacial score (nSPS) is 11.2. The number of pyridine rings is 1. The molecule has 0 bridgehead atoms. The summed E-state index contributed by atoms with van der Waals surface area (Å²) in [6.07, 6.45) is 1.70. The van der Waals surface area contributed by atoms with E-state index in [9.17, 15) is 13.2 Å². The zero-order chi connectivity index (χ0) is 21.1. The van der Waals surface area contributed by atoms with Gasteiger partial charge in [-0.25, -0.2) is 8.42 Å². The summed E-state index contributed by atoms with van der Waals surface area (Å²) in [6.45, 7) is 0. The highest BCUT2D eigenvalue weighted by Crippen LogP contribution is 2.21. The summed E-state index contributed by atoms with van der Waals surface area (Å²) in [5, 5.41) is 4.08. The van der Waals surface area contributed by atoms with Crippen LogP contribution < -0.4 is 10.0 Å². The van der Waals surface area contributed by atoms with Crippen molar-refractivity contribution in [2.45, 2.75) is 4.90 Å². The van der Waals surface area contributed by atoms with E-state index in [1.165, 1.54) is 24.3 Å². The highest BCUT2D eigenvalue weighted by Gasteiger charge is 2.17. The Kier molecular flexibility index (Phi) is 5.39. The Balaban J connectivity index is 1.56. The summed E-state index contributed by atoms with van der Waals surface area (Å²) in [5.41, 5.74) is 1.96. The van der Waals surface area contributed by atoms with Gasteiger partial charge in [0.2, 0.25) is 0 Å². The summed E-state index contributed by atoms with van der Waals surface area (Å²) >= 11 is 5.91. The Labute approximate surface area is 178 Å². The summed E-state index contributed by atoms with van der Waals surface area (Å²) in [5.74, 6) is -0.418. The van der Waals surface area contributed by atoms with Crippen molar-refractivity contribution in [2.24, 2.45) is 0 Å². The van der Waals surface area contributed by atoms with E-state index in [0.29, 0.717) is 16.4 Å². The van der Waals surface area contributed by atoms with E-state index in [4.69, 9.17) is 11.6 Å². The molecular formula is C22H16ClN3O3S. The number of carbonyl (C=O) groups excluding carboxylic acids is 1. The largest absolute Gasteiger partial charge is 0.322 e. The van der Waals surface area contributed by atoms with Gasteiger partial charge in [-0.05, 0) is 60.7 Å². The third kappa shape index (κ3) is 4.42. The lowest BCUT2D eigenvalue weighted by Crippen LogP contribution is -2.16. The maximum atomic E-state index is 12.7. The molecule has 1 aromatic heterocycles. The smallest absolute Gasteiger partial charge is 0.261 e. The Morgan fingerprint density at radius 1 is 0.867 bits per heavy atom. The Morgan fingerprint density at radius 3 is 2.53 bits per heavy atom. The lowest BCUT2D eigenvalue weighted by molar-refractivity contribution is 0.102. The average molecular weight is 438 g/mol. The van der Waals surface area contributed by atoms with Crippen molar-refractivity contribution in [3.63, 3.8) is 0 Å². The molecule has 0 fully saturated rings. The molecule has 150 valence electrons. The molecule has 1 heterocycles. The van der Waals surface area contributed by atoms with Gasteiger partial charge in [0.25, 0.3) is 15.9 Å². The zero-order valence-electron chi connectivity index (χ0n) is 15.5. The molecular weight excluding hydrogens is 422 g/mol. The van der Waals surface area contributed by atoms with Crippen LogP contribution in [0.2, 0.25) is 5.02 Å². The highest BCUT2D eigenvalue weighted by atomic mass is 35.5. The van der Waals surface area contributed by atoms with Gasteiger partial charge in [0, 0.05) is 27.9 Å². The van der Waals surface area contributed by atoms with Gasteiger partial charge in [0.1, 0.15) is 0 Å². The van der Waals surface area contributed by atoms with Gasteiger partial charge in [-0.2, -0.15) is 0 Å². The number of nitrogens with zero attached hydrogens (tertiary/aromatic N) is 1. The highest BCUT2D eigenvalue weighted by molar-refractivity contribution is 7.92. The van der Waals surface area contributed by atoms with E-state index in [2.05, 4.69) is 15.0 Å². The monoisotopic (exact) mass is 437 g/mol. The minimum absolute atomic E-state index is 0.0298. The number of rotatable bonds is 5. The maximum absolute atomic E-state index is 12.7. The van der Waals surface area contributed by atoms with Crippen molar-refractivity contribution in [1.29, 1.82) is 0 Å². The lowest BCUT2D eigenvalue weighted by atomic mass is 10.1. The van der Waals surface area contributed by atoms with E-state index >= 15 is 0 Å². The molecule has 4 rings (SSSR count). The first-order chi connectivity index (χ1) is 14.4. The van der Waals surface area contributed by atoms with Gasteiger partial charge >= 0.3 is 0 Å². The summed E-state index contributed by atoms with van der Waals surface area (Å²) in [4.78, 5) is 16.9. The summed E-state index contributed by atoms with van der Waals surface area (Å²) in [6, 6.07) is 21.3. The first kappa shape index (κ1) is 19.9. The van der Waals surface area contributed by atoms with Crippen LogP contribution in [0.5, 0.6) is 0 Å². The number of fused-ring (bicyclic) bond motifs is 1. The van der Waals surface area contributed by atoms with Crippen LogP contribution in [0.4, 0.5) is 11.4 Å². The molecule has 1 amide bonds. The fourth-order valence-corrected chi connectivity index (χ4v) is 4.21. The minimum atomic E-state index is -3.88. The molecule has 0 aliphatic heterocycles. The third-order valence-electron chi connectivity index (χ3n) is 4.34. The molecule has 30 heavy (non-hydrogen) atoms. The molecule has 0 saturated carbocycles. The van der Waals surface area contributed by atoms with Crippen LogP contribution in [0.15, 0.2) is 90.0 Å². The molecule has 6 nitrogen and oxygen atoms in total. The molecule has 0 aliphatic carbocycles. The average Bonchev–Trinajstić information content (AvgIpc) is 2.73. The van der Waals surface area contributed by atoms with Crippen LogP contribution in [-0.4, -0.2) is 19.3 Å². The van der Waals surface area contributed by atoms with Gasteiger partial charge in [0.05, 0.1) is 16.1 Å². The van der Waals surface area contributed by atoms with Crippen molar-refractivity contribution in [3.8, 4) is 0 Å². The van der Waals surface area contributed by atoms with Crippen LogP contribution in [0.25, 0.3) is 10.9 Å². The number of sulfonamides is 1. The number of anilines is 2. The van der Waals surface area contributed by atoms with Gasteiger partial charge in [0.15, 0.2) is 0 Å². The third-order valence-corrected chi connectivity index (χ3v) is 5.96. The topological polar surface area (TPSA) is 88.2 Å². The van der Waals surface area contributed by atoms with Crippen molar-refractivity contribution in [1.82, 2.24) is 4.98 Å². The fourth-order valence-electron chi connectivity index (χ4n) is 2.93. The second-order valence-electron chi connectivity index (χ2n) is 6.51. The van der Waals surface area contributed by atoms with Gasteiger partial charge in [-0.1, -0.05) is 29.8 Å². The second kappa shape index (κ2) is 8.14. The Hall–Kier alpha value is -3.42. The van der Waals surface area contributed by atoms with Crippen LogP contribution in [0.1, 0.15) is 10.4 Å². The molecule has 0 aliphatic rings. The first-order valence-corrected chi connectivity index (χ1v) is 10.8. The van der Waals surface area contributed by atoms with Crippen LogP contribution in [0.3, 0.4) is 0 Å². The molecule has 0 atom stereocenters. The van der Waals surface area contributed by atoms with E-state index in [1.807, 2.05) is 18.2 Å². The quantitative estimate of drug-likeness (QED) is 0.462. The predicted octanol–water partition coefficient (Wildman–Crippen LogP) is 4.94.